The first-order valence-electron chi connectivity index (χ1n) is 22.7. The van der Waals surface area contributed by atoms with Crippen molar-refractivity contribution in [3.63, 3.8) is 0 Å². The summed E-state index contributed by atoms with van der Waals surface area (Å²) in [5, 5.41) is 9.63. The summed E-state index contributed by atoms with van der Waals surface area (Å²) in [5.74, 6) is -1.55. The number of allylic oxidation sites excluding steroid dienone is 20. The molecule has 0 amide bonds. The van der Waals surface area contributed by atoms with E-state index in [2.05, 4.69) is 62.5 Å². The number of nitrogens with zero attached hydrogens (tertiary/aromatic N) is 1. The van der Waals surface area contributed by atoms with Gasteiger partial charge in [0.1, 0.15) is 6.61 Å². The van der Waals surface area contributed by atoms with E-state index in [1.807, 2.05) is 94.1 Å². The molecule has 0 aliphatic rings. The molecule has 0 saturated carbocycles. The third-order valence-electron chi connectivity index (χ3n) is 9.30. The molecular formula is C52H82NO7+. The summed E-state index contributed by atoms with van der Waals surface area (Å²) in [6.45, 7) is 4.47. The van der Waals surface area contributed by atoms with E-state index in [1.54, 1.807) is 0 Å². The average molecular weight is 833 g/mol. The highest BCUT2D eigenvalue weighted by Gasteiger charge is 2.31. The number of ether oxygens (including phenoxy) is 3. The Morgan fingerprint density at radius 3 is 1.30 bits per heavy atom. The van der Waals surface area contributed by atoms with Crippen LogP contribution in [0.15, 0.2) is 122 Å². The number of quaternary nitrogens is 1. The van der Waals surface area contributed by atoms with Crippen molar-refractivity contribution >= 4 is 17.9 Å². The number of carboxylic acid groups (broad SMARTS) is 1. The van der Waals surface area contributed by atoms with Crippen molar-refractivity contribution in [2.75, 3.05) is 41.0 Å². The summed E-state index contributed by atoms with van der Waals surface area (Å²) in [5.41, 5.74) is 0. The van der Waals surface area contributed by atoms with Gasteiger partial charge in [0.2, 0.25) is 0 Å². The van der Waals surface area contributed by atoms with Gasteiger partial charge < -0.3 is 23.8 Å². The summed E-state index contributed by atoms with van der Waals surface area (Å²) in [7, 11) is 5.49. The summed E-state index contributed by atoms with van der Waals surface area (Å²) in [6, 6.07) is -0.633. The van der Waals surface area contributed by atoms with Crippen molar-refractivity contribution < 1.29 is 38.2 Å². The zero-order chi connectivity index (χ0) is 44.2. The molecule has 336 valence electrons. The Balaban J connectivity index is 4.49. The van der Waals surface area contributed by atoms with Gasteiger partial charge in [-0.3, -0.25) is 9.59 Å². The van der Waals surface area contributed by atoms with E-state index >= 15 is 0 Å². The Bertz CT molecular complexity index is 1390. The molecule has 0 heterocycles. The molecule has 60 heavy (non-hydrogen) atoms. The molecule has 0 fully saturated rings. The Morgan fingerprint density at radius 1 is 0.500 bits per heavy atom. The van der Waals surface area contributed by atoms with Gasteiger partial charge in [-0.1, -0.05) is 187 Å². The molecule has 2 unspecified atom stereocenters. The Morgan fingerprint density at radius 2 is 0.883 bits per heavy atom. The molecule has 1 N–H and O–H groups in total. The van der Waals surface area contributed by atoms with Crippen molar-refractivity contribution in [3.05, 3.63) is 122 Å². The first-order chi connectivity index (χ1) is 29.1. The van der Waals surface area contributed by atoms with Gasteiger partial charge >= 0.3 is 17.9 Å². The van der Waals surface area contributed by atoms with Crippen LogP contribution < -0.4 is 0 Å². The lowest BCUT2D eigenvalue weighted by Crippen LogP contribution is -2.50. The highest BCUT2D eigenvalue weighted by molar-refractivity contribution is 5.72. The second-order valence-electron chi connectivity index (χ2n) is 15.8. The van der Waals surface area contributed by atoms with E-state index in [0.29, 0.717) is 12.8 Å². The molecule has 0 aromatic heterocycles. The lowest BCUT2D eigenvalue weighted by Gasteiger charge is -2.31. The lowest BCUT2D eigenvalue weighted by molar-refractivity contribution is -0.887. The highest BCUT2D eigenvalue weighted by atomic mass is 16.6. The van der Waals surface area contributed by atoms with E-state index in [4.69, 9.17) is 14.2 Å². The average Bonchev–Trinajstić information content (AvgIpc) is 3.21. The van der Waals surface area contributed by atoms with Crippen molar-refractivity contribution in [3.8, 4) is 0 Å². The molecule has 0 rings (SSSR count). The van der Waals surface area contributed by atoms with Gasteiger partial charge in [0.25, 0.3) is 0 Å². The molecule has 0 aromatic rings. The van der Waals surface area contributed by atoms with Crippen LogP contribution in [0.5, 0.6) is 0 Å². The summed E-state index contributed by atoms with van der Waals surface area (Å²) >= 11 is 0. The van der Waals surface area contributed by atoms with Crippen LogP contribution in [0.1, 0.15) is 136 Å². The second kappa shape index (κ2) is 41.5. The molecule has 0 aromatic carbocycles. The molecule has 8 nitrogen and oxygen atoms in total. The minimum Gasteiger partial charge on any atom is -0.477 e. The third kappa shape index (κ3) is 39.2. The van der Waals surface area contributed by atoms with Gasteiger partial charge in [-0.25, -0.2) is 4.79 Å². The van der Waals surface area contributed by atoms with Crippen LogP contribution in [0.25, 0.3) is 0 Å². The zero-order valence-corrected chi connectivity index (χ0v) is 38.1. The summed E-state index contributed by atoms with van der Waals surface area (Å²) in [6.07, 6.45) is 58.0. The van der Waals surface area contributed by atoms with Crippen LogP contribution in [-0.2, 0) is 28.6 Å². The fraction of sp³-hybridized carbons (Fsp3) is 0.558. The molecule has 0 aliphatic heterocycles. The molecule has 2 atom stereocenters. The smallest absolute Gasteiger partial charge is 0.362 e. The summed E-state index contributed by atoms with van der Waals surface area (Å²) in [4.78, 5) is 37.0. The SMILES string of the molecule is CCC/C=C/C=C/C=C/C=C/C=C/CCCCCCCC(=O)OCC(COCCC(C(=O)O)[N+](C)(C)C)OC(=O)CCCCCCC/C=C/C=C/C=C/C=C/C=C/CCC. The quantitative estimate of drug-likeness (QED) is 0.0286. The van der Waals surface area contributed by atoms with Crippen LogP contribution in [0.2, 0.25) is 0 Å². The number of esters is 2. The number of hydrogen-bond donors (Lipinski definition) is 1. The normalized spacial score (nSPS) is 14.1. The van der Waals surface area contributed by atoms with E-state index in [0.717, 1.165) is 89.9 Å². The maximum Gasteiger partial charge on any atom is 0.362 e. The number of aliphatic carboxylic acids is 1. The number of rotatable bonds is 38. The van der Waals surface area contributed by atoms with E-state index < -0.39 is 18.1 Å². The van der Waals surface area contributed by atoms with Gasteiger partial charge in [-0.05, 0) is 51.4 Å². The topological polar surface area (TPSA) is 99.1 Å². The van der Waals surface area contributed by atoms with Gasteiger partial charge in [-0.15, -0.1) is 0 Å². The van der Waals surface area contributed by atoms with Crippen molar-refractivity contribution in [2.24, 2.45) is 0 Å². The number of carbonyl (C=O) groups excluding carboxylic acids is 2. The minimum atomic E-state index is -0.890. The fourth-order valence-corrected chi connectivity index (χ4v) is 5.80. The predicted octanol–water partition coefficient (Wildman–Crippen LogP) is 12.6. The van der Waals surface area contributed by atoms with Crippen LogP contribution in [0.4, 0.5) is 0 Å². The van der Waals surface area contributed by atoms with Crippen molar-refractivity contribution in [2.45, 2.75) is 148 Å². The first-order valence-corrected chi connectivity index (χ1v) is 22.7. The maximum atomic E-state index is 12.7. The molecule has 0 aliphatic carbocycles. The number of likely N-dealkylation sites (N-methyl/N-ethyl adjacent to an activating group) is 1. The van der Waals surface area contributed by atoms with Gasteiger partial charge in [0.15, 0.2) is 12.1 Å². The lowest BCUT2D eigenvalue weighted by atomic mass is 10.1. The van der Waals surface area contributed by atoms with Gasteiger partial charge in [0.05, 0.1) is 34.4 Å². The molecular weight excluding hydrogens is 751 g/mol. The van der Waals surface area contributed by atoms with E-state index in [1.165, 1.54) is 12.8 Å². The van der Waals surface area contributed by atoms with Crippen molar-refractivity contribution in [1.29, 1.82) is 0 Å². The Labute approximate surface area is 365 Å². The molecule has 0 spiro atoms. The van der Waals surface area contributed by atoms with Crippen LogP contribution >= 0.6 is 0 Å². The minimum absolute atomic E-state index is 0.0323. The zero-order valence-electron chi connectivity index (χ0n) is 38.1. The van der Waals surface area contributed by atoms with Gasteiger partial charge in [0, 0.05) is 19.3 Å². The number of carboxylic acids is 1. The first kappa shape index (κ1) is 55.7. The van der Waals surface area contributed by atoms with Crippen LogP contribution in [0, 0.1) is 0 Å². The molecule has 0 saturated heterocycles. The Kier molecular flexibility index (Phi) is 38.5. The number of carbonyl (C=O) groups is 3. The number of unbranched alkanes of at least 4 members (excludes halogenated alkanes) is 12. The standard InChI is InChI=1S/C52H81NO7/c1-6-8-10-12-14-16-18-20-22-24-26-28-30-32-34-36-38-40-42-50(54)59-47-48(46-58-45-44-49(52(56)57)53(3,4)5)60-51(55)43-41-39-37-35-33-31-29-27-25-23-21-19-17-15-13-11-9-7-2/h10-29,48-49H,6-9,30-47H2,1-5H3/p+1/b12-10+,13-11+,16-14+,17-15+,20-18+,21-19+,24-22+,25-23+,28-26+,29-27+. The molecule has 0 radical (unpaired) electrons. The highest BCUT2D eigenvalue weighted by Crippen LogP contribution is 2.12. The Hall–Kier alpha value is -4.27. The van der Waals surface area contributed by atoms with E-state index in [-0.39, 0.29) is 42.7 Å². The summed E-state index contributed by atoms with van der Waals surface area (Å²) < 4.78 is 17.2. The van der Waals surface area contributed by atoms with Crippen LogP contribution in [0.3, 0.4) is 0 Å². The molecule has 0 bridgehead atoms. The van der Waals surface area contributed by atoms with E-state index in [9.17, 15) is 19.5 Å². The maximum absolute atomic E-state index is 12.7. The van der Waals surface area contributed by atoms with Crippen molar-refractivity contribution in [1.82, 2.24) is 0 Å². The second-order valence-corrected chi connectivity index (χ2v) is 15.8. The third-order valence-corrected chi connectivity index (χ3v) is 9.30. The molecule has 8 heteroatoms. The monoisotopic (exact) mass is 833 g/mol. The number of hydrogen-bond acceptors (Lipinski definition) is 6. The van der Waals surface area contributed by atoms with Crippen LogP contribution in [-0.4, -0.2) is 80.6 Å². The van der Waals surface area contributed by atoms with Gasteiger partial charge in [-0.2, -0.15) is 0 Å². The fourth-order valence-electron chi connectivity index (χ4n) is 5.80. The largest absolute Gasteiger partial charge is 0.477 e. The predicted molar refractivity (Wildman–Crippen MR) is 252 cm³/mol.